The van der Waals surface area contributed by atoms with Crippen molar-refractivity contribution in [2.24, 2.45) is 0 Å². The van der Waals surface area contributed by atoms with Crippen LogP contribution in [0.3, 0.4) is 0 Å². The van der Waals surface area contributed by atoms with Crippen molar-refractivity contribution >= 4 is 11.6 Å². The zero-order valence-electron chi connectivity index (χ0n) is 4.52. The van der Waals surface area contributed by atoms with Crippen LogP contribution in [0.4, 0.5) is 0 Å². The minimum Gasteiger partial charge on any atom is -0.0984 e. The molecule has 0 unspecified atom stereocenters. The Hall–Kier alpha value is -0.490. The van der Waals surface area contributed by atoms with Crippen LogP contribution in [0.5, 0.6) is 0 Å². The van der Waals surface area contributed by atoms with Crippen molar-refractivity contribution in [3.63, 3.8) is 0 Å². The molecule has 0 spiro atoms. The summed E-state index contributed by atoms with van der Waals surface area (Å²) in [5, 5.41) is 0.903. The highest BCUT2D eigenvalue weighted by Gasteiger charge is 2.00. The second kappa shape index (κ2) is 2.19. The first kappa shape index (κ1) is 5.64. The van der Waals surface area contributed by atoms with Gasteiger partial charge in [-0.1, -0.05) is 36.4 Å². The predicted molar refractivity (Wildman–Crippen MR) is 36.8 cm³/mol. The molecule has 0 N–H and O–H groups in total. The molecule has 0 amide bonds. The summed E-state index contributed by atoms with van der Waals surface area (Å²) >= 11 is 5.72. The van der Waals surface area contributed by atoms with E-state index in [4.69, 9.17) is 11.6 Å². The lowest BCUT2D eigenvalue weighted by molar-refractivity contribution is 1.40. The molecule has 0 aromatic heterocycles. The van der Waals surface area contributed by atoms with Crippen LogP contribution in [0.2, 0.25) is 0 Å². The zero-order valence-corrected chi connectivity index (χ0v) is 5.28. The summed E-state index contributed by atoms with van der Waals surface area (Å²) in [6.45, 7) is 3.60. The Balaban J connectivity index is 2.85. The summed E-state index contributed by atoms with van der Waals surface area (Å²) in [7, 11) is 0. The molecule has 0 nitrogen and oxygen atoms in total. The van der Waals surface area contributed by atoms with Crippen LogP contribution in [0.15, 0.2) is 35.4 Å². The molecule has 0 aromatic rings. The number of rotatable bonds is 1. The summed E-state index contributed by atoms with van der Waals surface area (Å²) < 4.78 is 0. The lowest BCUT2D eigenvalue weighted by Gasteiger charge is -1.86. The average molecular weight is 127 g/mol. The maximum Gasteiger partial charge on any atom is 0.0290 e. The third kappa shape index (κ3) is 0.846. The molecule has 0 saturated carbocycles. The van der Waals surface area contributed by atoms with Crippen molar-refractivity contribution in [3.8, 4) is 0 Å². The monoisotopic (exact) mass is 126 g/mol. The third-order valence-electron chi connectivity index (χ3n) is 1.13. The summed E-state index contributed by atoms with van der Waals surface area (Å²) in [6.07, 6.45) is 6.66. The van der Waals surface area contributed by atoms with Crippen LogP contribution in [0.1, 0.15) is 6.42 Å². The van der Waals surface area contributed by atoms with Gasteiger partial charge in [-0.15, -0.1) is 0 Å². The first-order valence-electron chi connectivity index (χ1n) is 2.52. The molecule has 8 heavy (non-hydrogen) atoms. The van der Waals surface area contributed by atoms with Gasteiger partial charge in [0.15, 0.2) is 0 Å². The minimum absolute atomic E-state index is 0.878. The minimum atomic E-state index is 0.878. The van der Waals surface area contributed by atoms with Crippen LogP contribution in [-0.2, 0) is 0 Å². The van der Waals surface area contributed by atoms with Crippen molar-refractivity contribution in [3.05, 3.63) is 35.4 Å². The highest BCUT2D eigenvalue weighted by Crippen LogP contribution is 2.22. The maximum absolute atomic E-state index is 5.72. The Kier molecular flexibility index (Phi) is 1.54. The van der Waals surface area contributed by atoms with Crippen LogP contribution in [0.25, 0.3) is 0 Å². The van der Waals surface area contributed by atoms with Crippen LogP contribution in [0, 0.1) is 0 Å². The van der Waals surface area contributed by atoms with Crippen molar-refractivity contribution in [2.45, 2.75) is 6.42 Å². The summed E-state index contributed by atoms with van der Waals surface area (Å²) in [5.74, 6) is 0. The van der Waals surface area contributed by atoms with Gasteiger partial charge >= 0.3 is 0 Å². The van der Waals surface area contributed by atoms with E-state index in [1.807, 2.05) is 12.2 Å². The van der Waals surface area contributed by atoms with Crippen molar-refractivity contribution < 1.29 is 0 Å². The number of halogens is 1. The molecule has 0 atom stereocenters. The summed E-state index contributed by atoms with van der Waals surface area (Å²) in [6, 6.07) is 0. The van der Waals surface area contributed by atoms with Gasteiger partial charge in [-0.25, -0.2) is 0 Å². The van der Waals surface area contributed by atoms with Gasteiger partial charge in [0.25, 0.3) is 0 Å². The topological polar surface area (TPSA) is 0 Å². The van der Waals surface area contributed by atoms with Crippen molar-refractivity contribution in [2.75, 3.05) is 0 Å². The van der Waals surface area contributed by atoms with Gasteiger partial charge in [0.05, 0.1) is 0 Å². The second-order valence-corrected chi connectivity index (χ2v) is 2.13. The quantitative estimate of drug-likeness (QED) is 0.507. The molecule has 1 heteroatoms. The van der Waals surface area contributed by atoms with E-state index in [0.717, 1.165) is 17.0 Å². The smallest absolute Gasteiger partial charge is 0.0290 e. The Labute approximate surface area is 54.2 Å². The third-order valence-corrected chi connectivity index (χ3v) is 1.50. The lowest BCUT2D eigenvalue weighted by Crippen LogP contribution is -1.66. The van der Waals surface area contributed by atoms with Crippen LogP contribution < -0.4 is 0 Å². The first-order valence-corrected chi connectivity index (χ1v) is 2.90. The van der Waals surface area contributed by atoms with E-state index in [1.54, 1.807) is 6.08 Å². The number of hydrogen-bond acceptors (Lipinski definition) is 0. The Morgan fingerprint density at radius 2 is 2.50 bits per heavy atom. The van der Waals surface area contributed by atoms with E-state index in [0.29, 0.717) is 0 Å². The van der Waals surface area contributed by atoms with Gasteiger partial charge in [-0.3, -0.25) is 0 Å². The van der Waals surface area contributed by atoms with Crippen molar-refractivity contribution in [1.82, 2.24) is 0 Å². The fourth-order valence-electron chi connectivity index (χ4n) is 0.676. The van der Waals surface area contributed by atoms with Gasteiger partial charge in [-0.05, 0) is 5.57 Å². The molecule has 1 rings (SSSR count). The molecule has 0 aliphatic heterocycles. The first-order chi connectivity index (χ1) is 3.84. The molecule has 0 aromatic carbocycles. The van der Waals surface area contributed by atoms with E-state index in [2.05, 4.69) is 6.58 Å². The molecule has 42 valence electrons. The predicted octanol–water partition coefficient (Wildman–Crippen LogP) is 2.63. The Morgan fingerprint density at radius 1 is 1.75 bits per heavy atom. The highest BCUT2D eigenvalue weighted by atomic mass is 35.5. The second-order valence-electron chi connectivity index (χ2n) is 1.67. The standard InChI is InChI=1S/C7H7Cl/c1-2-6-4-3-5-7(6)8/h2-4H,1,5H2. The van der Waals surface area contributed by atoms with E-state index in [1.165, 1.54) is 0 Å². The normalized spacial score (nSPS) is 17.6. The fourth-order valence-corrected chi connectivity index (χ4v) is 0.906. The van der Waals surface area contributed by atoms with Gasteiger partial charge in [0, 0.05) is 11.5 Å². The summed E-state index contributed by atoms with van der Waals surface area (Å²) in [4.78, 5) is 0. The van der Waals surface area contributed by atoms with Gasteiger partial charge in [0.2, 0.25) is 0 Å². The van der Waals surface area contributed by atoms with Gasteiger partial charge in [-0.2, -0.15) is 0 Å². The van der Waals surface area contributed by atoms with E-state index in [9.17, 15) is 0 Å². The molecular weight excluding hydrogens is 120 g/mol. The molecule has 0 radical (unpaired) electrons. The molecule has 0 bridgehead atoms. The number of hydrogen-bond donors (Lipinski definition) is 0. The highest BCUT2D eigenvalue weighted by molar-refractivity contribution is 6.30. The molecular formula is C7H7Cl. The Bertz CT molecular complexity index is 163. The Morgan fingerprint density at radius 3 is 2.75 bits per heavy atom. The van der Waals surface area contributed by atoms with Crippen LogP contribution in [-0.4, -0.2) is 0 Å². The van der Waals surface area contributed by atoms with E-state index in [-0.39, 0.29) is 0 Å². The molecule has 0 fully saturated rings. The van der Waals surface area contributed by atoms with Crippen molar-refractivity contribution in [1.29, 1.82) is 0 Å². The molecule has 0 saturated heterocycles. The molecule has 0 heterocycles. The lowest BCUT2D eigenvalue weighted by atomic mass is 10.3. The SMILES string of the molecule is C=CC1=C(Cl)CC=C1. The maximum atomic E-state index is 5.72. The number of allylic oxidation sites excluding steroid dienone is 5. The summed E-state index contributed by atoms with van der Waals surface area (Å²) in [5.41, 5.74) is 1.06. The van der Waals surface area contributed by atoms with E-state index < -0.39 is 0 Å². The fraction of sp³-hybridized carbons (Fsp3) is 0.143. The molecule has 1 aliphatic rings. The zero-order chi connectivity index (χ0) is 5.98. The molecule has 1 aliphatic carbocycles. The van der Waals surface area contributed by atoms with Crippen LogP contribution >= 0.6 is 11.6 Å². The largest absolute Gasteiger partial charge is 0.0984 e. The van der Waals surface area contributed by atoms with Gasteiger partial charge < -0.3 is 0 Å². The van der Waals surface area contributed by atoms with Gasteiger partial charge in [0.1, 0.15) is 0 Å². The average Bonchev–Trinajstić information content (AvgIpc) is 2.14. The van der Waals surface area contributed by atoms with E-state index >= 15 is 0 Å².